The molecular weight excluding hydrogens is 414 g/mol. The Hall–Kier alpha value is -2.90. The number of rotatable bonds is 8. The lowest BCUT2D eigenvalue weighted by Gasteiger charge is -2.10. The van der Waals surface area contributed by atoms with Crippen molar-refractivity contribution in [3.05, 3.63) is 102 Å². The van der Waals surface area contributed by atoms with E-state index in [1.807, 2.05) is 59.2 Å². The molecule has 5 nitrogen and oxygen atoms in total. The van der Waals surface area contributed by atoms with Crippen LogP contribution in [-0.2, 0) is 16.3 Å². The van der Waals surface area contributed by atoms with Gasteiger partial charge in [-0.2, -0.15) is 0 Å². The Morgan fingerprint density at radius 3 is 2.03 bits per heavy atom. The Bertz CT molecular complexity index is 1190. The molecule has 0 radical (unpaired) electrons. The van der Waals surface area contributed by atoms with Crippen LogP contribution in [0.15, 0.2) is 101 Å². The van der Waals surface area contributed by atoms with Gasteiger partial charge in [-0.3, -0.25) is 4.57 Å². The summed E-state index contributed by atoms with van der Waals surface area (Å²) in [4.78, 5) is 0.347. The van der Waals surface area contributed by atoms with E-state index in [9.17, 15) is 8.42 Å². The summed E-state index contributed by atoms with van der Waals surface area (Å²) in [5.74, 6) is 1.26. The van der Waals surface area contributed by atoms with Gasteiger partial charge in [-0.15, -0.1) is 10.2 Å². The van der Waals surface area contributed by atoms with Crippen LogP contribution in [0.4, 0.5) is 0 Å². The van der Waals surface area contributed by atoms with Crippen LogP contribution in [0, 0.1) is 0 Å². The Kier molecular flexibility index (Phi) is 6.30. The van der Waals surface area contributed by atoms with Gasteiger partial charge in [-0.25, -0.2) is 8.42 Å². The fourth-order valence-electron chi connectivity index (χ4n) is 3.11. The second kappa shape index (κ2) is 9.28. The van der Waals surface area contributed by atoms with Gasteiger partial charge in [0.05, 0.1) is 10.6 Å². The molecule has 3 aromatic carbocycles. The lowest BCUT2D eigenvalue weighted by atomic mass is 10.1. The lowest BCUT2D eigenvalue weighted by Crippen LogP contribution is -2.09. The standard InChI is InChI=1S/C23H21N3O2S2/c27-30(28,21-14-8-3-9-15-21)17-16-29-23-25-24-22(18-19-10-4-1-5-11-19)26(23)20-12-6-2-7-13-20/h1-15H,16-18H2. The molecule has 0 bridgehead atoms. The quantitative estimate of drug-likeness (QED) is 0.383. The van der Waals surface area contributed by atoms with Crippen molar-refractivity contribution in [3.8, 4) is 5.69 Å². The fraction of sp³-hybridized carbons (Fsp3) is 0.130. The normalized spacial score (nSPS) is 11.5. The number of aromatic nitrogens is 3. The zero-order valence-electron chi connectivity index (χ0n) is 16.3. The summed E-state index contributed by atoms with van der Waals surface area (Å²) in [6.07, 6.45) is 0.644. The fourth-order valence-corrected chi connectivity index (χ4v) is 5.75. The van der Waals surface area contributed by atoms with Crippen molar-refractivity contribution in [2.45, 2.75) is 16.5 Å². The lowest BCUT2D eigenvalue weighted by molar-refractivity contribution is 0.597. The van der Waals surface area contributed by atoms with E-state index in [1.54, 1.807) is 24.3 Å². The molecule has 0 atom stereocenters. The van der Waals surface area contributed by atoms with Crippen LogP contribution in [0.2, 0.25) is 0 Å². The smallest absolute Gasteiger partial charge is 0.195 e. The molecule has 30 heavy (non-hydrogen) atoms. The number of para-hydroxylation sites is 1. The molecule has 0 amide bonds. The Morgan fingerprint density at radius 1 is 0.767 bits per heavy atom. The van der Waals surface area contributed by atoms with E-state index >= 15 is 0 Å². The minimum atomic E-state index is -3.33. The molecule has 0 aliphatic carbocycles. The first-order valence-corrected chi connectivity index (χ1v) is 12.2. The van der Waals surface area contributed by atoms with Crippen LogP contribution in [0.1, 0.15) is 11.4 Å². The SMILES string of the molecule is O=S(=O)(CCSc1nnc(Cc2ccccc2)n1-c1ccccc1)c1ccccc1. The highest BCUT2D eigenvalue weighted by molar-refractivity contribution is 8.00. The van der Waals surface area contributed by atoms with Crippen LogP contribution in [0.5, 0.6) is 0 Å². The van der Waals surface area contributed by atoms with Crippen molar-refractivity contribution in [3.63, 3.8) is 0 Å². The summed E-state index contributed by atoms with van der Waals surface area (Å²) in [6.45, 7) is 0. The van der Waals surface area contributed by atoms with Crippen LogP contribution >= 0.6 is 11.8 Å². The van der Waals surface area contributed by atoms with Crippen LogP contribution in [0.3, 0.4) is 0 Å². The summed E-state index contributed by atoms with van der Waals surface area (Å²) < 4.78 is 27.1. The first kappa shape index (κ1) is 20.4. The number of thioether (sulfide) groups is 1. The molecule has 0 spiro atoms. The van der Waals surface area contributed by atoms with Gasteiger partial charge in [-0.1, -0.05) is 78.5 Å². The zero-order chi connectivity index (χ0) is 20.8. The maximum absolute atomic E-state index is 12.6. The predicted molar refractivity (Wildman–Crippen MR) is 120 cm³/mol. The van der Waals surface area contributed by atoms with E-state index in [0.29, 0.717) is 22.2 Å². The maximum Gasteiger partial charge on any atom is 0.195 e. The Labute approximate surface area is 180 Å². The zero-order valence-corrected chi connectivity index (χ0v) is 17.9. The van der Waals surface area contributed by atoms with Gasteiger partial charge in [0, 0.05) is 17.9 Å². The predicted octanol–water partition coefficient (Wildman–Crippen LogP) is 4.42. The van der Waals surface area contributed by atoms with E-state index in [1.165, 1.54) is 11.8 Å². The molecule has 4 aromatic rings. The molecule has 7 heteroatoms. The highest BCUT2D eigenvalue weighted by atomic mass is 32.2. The minimum absolute atomic E-state index is 0.0390. The van der Waals surface area contributed by atoms with Crippen LogP contribution in [0.25, 0.3) is 5.69 Å². The molecule has 0 fully saturated rings. The summed E-state index contributed by atoms with van der Waals surface area (Å²) in [5.41, 5.74) is 2.10. The number of hydrogen-bond donors (Lipinski definition) is 0. The van der Waals surface area contributed by atoms with Gasteiger partial charge in [0.2, 0.25) is 0 Å². The van der Waals surface area contributed by atoms with E-state index in [2.05, 4.69) is 22.3 Å². The number of nitrogens with zero attached hydrogens (tertiary/aromatic N) is 3. The molecule has 0 saturated carbocycles. The van der Waals surface area contributed by atoms with Crippen molar-refractivity contribution >= 4 is 21.6 Å². The van der Waals surface area contributed by atoms with Crippen LogP contribution < -0.4 is 0 Å². The van der Waals surface area contributed by atoms with Crippen molar-refractivity contribution in [1.82, 2.24) is 14.8 Å². The molecule has 0 N–H and O–H groups in total. The van der Waals surface area contributed by atoms with E-state index in [-0.39, 0.29) is 5.75 Å². The minimum Gasteiger partial charge on any atom is -0.274 e. The molecule has 1 heterocycles. The van der Waals surface area contributed by atoms with E-state index < -0.39 is 9.84 Å². The molecular formula is C23H21N3O2S2. The summed E-state index contributed by atoms with van der Waals surface area (Å²) in [7, 11) is -3.33. The summed E-state index contributed by atoms with van der Waals surface area (Å²) in [5, 5.41) is 9.46. The van der Waals surface area contributed by atoms with Crippen molar-refractivity contribution in [1.29, 1.82) is 0 Å². The average molecular weight is 436 g/mol. The van der Waals surface area contributed by atoms with Gasteiger partial charge in [0.25, 0.3) is 0 Å². The summed E-state index contributed by atoms with van der Waals surface area (Å²) >= 11 is 1.40. The highest BCUT2D eigenvalue weighted by Gasteiger charge is 2.18. The largest absolute Gasteiger partial charge is 0.274 e. The number of hydrogen-bond acceptors (Lipinski definition) is 5. The maximum atomic E-state index is 12.6. The number of sulfone groups is 1. The Morgan fingerprint density at radius 2 is 1.37 bits per heavy atom. The van der Waals surface area contributed by atoms with Gasteiger partial charge in [0.15, 0.2) is 15.0 Å². The van der Waals surface area contributed by atoms with E-state index in [4.69, 9.17) is 0 Å². The highest BCUT2D eigenvalue weighted by Crippen LogP contribution is 2.24. The molecule has 0 aliphatic rings. The van der Waals surface area contributed by atoms with Crippen molar-refractivity contribution < 1.29 is 8.42 Å². The van der Waals surface area contributed by atoms with Crippen molar-refractivity contribution in [2.75, 3.05) is 11.5 Å². The molecule has 0 aliphatic heterocycles. The van der Waals surface area contributed by atoms with Crippen molar-refractivity contribution in [2.24, 2.45) is 0 Å². The molecule has 0 unspecified atom stereocenters. The third kappa shape index (κ3) is 4.80. The molecule has 4 rings (SSSR count). The molecule has 1 aromatic heterocycles. The second-order valence-corrected chi connectivity index (χ2v) is 9.88. The topological polar surface area (TPSA) is 64.8 Å². The molecule has 0 saturated heterocycles. The average Bonchev–Trinajstić information content (AvgIpc) is 3.18. The first-order valence-electron chi connectivity index (χ1n) is 9.58. The second-order valence-electron chi connectivity index (χ2n) is 6.71. The number of benzene rings is 3. The van der Waals surface area contributed by atoms with Gasteiger partial charge >= 0.3 is 0 Å². The van der Waals surface area contributed by atoms with Gasteiger partial charge in [-0.05, 0) is 29.8 Å². The van der Waals surface area contributed by atoms with Crippen LogP contribution in [-0.4, -0.2) is 34.7 Å². The summed E-state index contributed by atoms with van der Waals surface area (Å²) in [6, 6.07) is 28.6. The third-order valence-corrected chi connectivity index (χ3v) is 7.53. The van der Waals surface area contributed by atoms with E-state index in [0.717, 1.165) is 17.1 Å². The molecule has 152 valence electrons. The third-order valence-electron chi connectivity index (χ3n) is 4.61. The van der Waals surface area contributed by atoms with Gasteiger partial charge in [0.1, 0.15) is 5.82 Å². The monoisotopic (exact) mass is 435 g/mol. The Balaban J connectivity index is 1.56. The van der Waals surface area contributed by atoms with Gasteiger partial charge < -0.3 is 0 Å². The first-order chi connectivity index (χ1) is 14.6.